The zero-order chi connectivity index (χ0) is 12.8. The van der Waals surface area contributed by atoms with E-state index in [-0.39, 0.29) is 11.7 Å². The predicted molar refractivity (Wildman–Crippen MR) is 69.0 cm³/mol. The van der Waals surface area contributed by atoms with Gasteiger partial charge >= 0.3 is 0 Å². The molecule has 0 atom stereocenters. The van der Waals surface area contributed by atoms with Crippen LogP contribution in [0.2, 0.25) is 0 Å². The third-order valence-corrected chi connectivity index (χ3v) is 3.48. The lowest BCUT2D eigenvalue weighted by Crippen LogP contribution is -2.17. The molecule has 0 bridgehead atoms. The Morgan fingerprint density at radius 1 is 1.39 bits per heavy atom. The first-order chi connectivity index (χ1) is 8.81. The average molecular weight is 252 g/mol. The molecule has 3 nitrogen and oxygen atoms in total. The third-order valence-electron chi connectivity index (χ3n) is 3.48. The van der Waals surface area contributed by atoms with Gasteiger partial charge < -0.3 is 10.1 Å². The van der Waals surface area contributed by atoms with Crippen molar-refractivity contribution in [2.45, 2.75) is 38.6 Å². The van der Waals surface area contributed by atoms with Crippen molar-refractivity contribution in [2.24, 2.45) is 5.92 Å². The maximum Gasteiger partial charge on any atom is 0.250 e. The number of pyridine rings is 1. The van der Waals surface area contributed by atoms with Crippen LogP contribution in [0.5, 0.6) is 5.88 Å². The standard InChI is InChI=1S/C14H21FN2O/c1-16-9-12-7-8-17-14(13(12)15)18-10-11-5-3-2-4-6-11/h7-8,11,16H,2-6,9-10H2,1H3. The van der Waals surface area contributed by atoms with Crippen molar-refractivity contribution in [3.63, 3.8) is 0 Å². The van der Waals surface area contributed by atoms with Crippen LogP contribution in [0, 0.1) is 11.7 Å². The Balaban J connectivity index is 1.93. The fourth-order valence-electron chi connectivity index (χ4n) is 2.44. The monoisotopic (exact) mass is 252 g/mol. The number of aromatic nitrogens is 1. The van der Waals surface area contributed by atoms with Gasteiger partial charge in [0.1, 0.15) is 0 Å². The van der Waals surface area contributed by atoms with E-state index in [9.17, 15) is 4.39 Å². The highest BCUT2D eigenvalue weighted by Gasteiger charge is 2.16. The van der Waals surface area contributed by atoms with Gasteiger partial charge in [0.25, 0.3) is 5.88 Å². The van der Waals surface area contributed by atoms with Crippen LogP contribution < -0.4 is 10.1 Å². The van der Waals surface area contributed by atoms with Gasteiger partial charge in [0, 0.05) is 18.3 Å². The molecule has 0 spiro atoms. The summed E-state index contributed by atoms with van der Waals surface area (Å²) in [4.78, 5) is 3.98. The second-order valence-electron chi connectivity index (χ2n) is 4.93. The molecule has 1 aliphatic rings. The third kappa shape index (κ3) is 3.42. The number of ether oxygens (including phenoxy) is 1. The van der Waals surface area contributed by atoms with Gasteiger partial charge in [-0.25, -0.2) is 9.37 Å². The van der Waals surface area contributed by atoms with Crippen LogP contribution in [0.4, 0.5) is 4.39 Å². The minimum atomic E-state index is -0.331. The molecule has 18 heavy (non-hydrogen) atoms. The van der Waals surface area contributed by atoms with Crippen molar-refractivity contribution in [3.05, 3.63) is 23.6 Å². The van der Waals surface area contributed by atoms with Crippen molar-refractivity contribution >= 4 is 0 Å². The Hall–Kier alpha value is -1.16. The smallest absolute Gasteiger partial charge is 0.250 e. The molecule has 1 N–H and O–H groups in total. The molecule has 0 radical (unpaired) electrons. The Morgan fingerprint density at radius 2 is 2.17 bits per heavy atom. The zero-order valence-corrected chi connectivity index (χ0v) is 10.9. The summed E-state index contributed by atoms with van der Waals surface area (Å²) in [6.07, 6.45) is 7.84. The van der Waals surface area contributed by atoms with Crippen LogP contribution in [0.3, 0.4) is 0 Å². The summed E-state index contributed by atoms with van der Waals surface area (Å²) in [6, 6.07) is 1.68. The molecule has 4 heteroatoms. The van der Waals surface area contributed by atoms with Gasteiger partial charge in [0.05, 0.1) is 6.61 Å². The van der Waals surface area contributed by atoms with E-state index in [1.807, 2.05) is 0 Å². The van der Waals surface area contributed by atoms with Crippen LogP contribution in [-0.2, 0) is 6.54 Å². The lowest BCUT2D eigenvalue weighted by atomic mass is 9.90. The summed E-state index contributed by atoms with van der Waals surface area (Å²) >= 11 is 0. The van der Waals surface area contributed by atoms with Gasteiger partial charge in [-0.1, -0.05) is 19.3 Å². The van der Waals surface area contributed by atoms with Gasteiger partial charge in [0.2, 0.25) is 0 Å². The minimum Gasteiger partial charge on any atom is -0.475 e. The molecule has 0 aromatic carbocycles. The predicted octanol–water partition coefficient (Wildman–Crippen LogP) is 2.90. The quantitative estimate of drug-likeness (QED) is 0.875. The molecule has 1 heterocycles. The number of hydrogen-bond acceptors (Lipinski definition) is 3. The molecule has 1 aromatic heterocycles. The molecular formula is C14H21FN2O. The van der Waals surface area contributed by atoms with Gasteiger partial charge in [-0.05, 0) is 31.9 Å². The SMILES string of the molecule is CNCc1ccnc(OCC2CCCCC2)c1F. The number of hydrogen-bond donors (Lipinski definition) is 1. The maximum absolute atomic E-state index is 14.0. The molecule has 1 aromatic rings. The van der Waals surface area contributed by atoms with Gasteiger partial charge in [0.15, 0.2) is 5.82 Å². The molecule has 0 unspecified atom stereocenters. The van der Waals surface area contributed by atoms with Crippen LogP contribution in [-0.4, -0.2) is 18.6 Å². The highest BCUT2D eigenvalue weighted by molar-refractivity contribution is 5.23. The molecule has 1 fully saturated rings. The lowest BCUT2D eigenvalue weighted by Gasteiger charge is -2.21. The van der Waals surface area contributed by atoms with E-state index in [0.717, 1.165) is 0 Å². The number of nitrogens with zero attached hydrogens (tertiary/aromatic N) is 1. The minimum absolute atomic E-state index is 0.147. The fourth-order valence-corrected chi connectivity index (χ4v) is 2.44. The van der Waals surface area contributed by atoms with Crippen LogP contribution in [0.25, 0.3) is 0 Å². The lowest BCUT2D eigenvalue weighted by molar-refractivity contribution is 0.195. The summed E-state index contributed by atoms with van der Waals surface area (Å²) in [6.45, 7) is 1.08. The van der Waals surface area contributed by atoms with Crippen molar-refractivity contribution < 1.29 is 9.13 Å². The zero-order valence-electron chi connectivity index (χ0n) is 10.9. The Kier molecular flexibility index (Phi) is 4.93. The molecule has 0 saturated heterocycles. The number of rotatable bonds is 5. The summed E-state index contributed by atoms with van der Waals surface area (Å²) in [7, 11) is 1.79. The second kappa shape index (κ2) is 6.69. The van der Waals surface area contributed by atoms with E-state index in [4.69, 9.17) is 4.74 Å². The van der Waals surface area contributed by atoms with Gasteiger partial charge in [-0.3, -0.25) is 0 Å². The van der Waals surface area contributed by atoms with E-state index in [1.54, 1.807) is 19.3 Å². The summed E-state index contributed by atoms with van der Waals surface area (Å²) in [5, 5.41) is 2.93. The van der Waals surface area contributed by atoms with E-state index < -0.39 is 0 Å². The number of halogens is 1. The normalized spacial score (nSPS) is 16.8. The Morgan fingerprint density at radius 3 is 2.89 bits per heavy atom. The molecule has 2 rings (SSSR count). The van der Waals surface area contributed by atoms with E-state index >= 15 is 0 Å². The molecule has 0 aliphatic heterocycles. The van der Waals surface area contributed by atoms with Crippen molar-refractivity contribution in [1.82, 2.24) is 10.3 Å². The first-order valence-electron chi connectivity index (χ1n) is 6.72. The van der Waals surface area contributed by atoms with E-state index in [0.29, 0.717) is 24.6 Å². The first-order valence-corrected chi connectivity index (χ1v) is 6.72. The highest BCUT2D eigenvalue weighted by Crippen LogP contribution is 2.25. The highest BCUT2D eigenvalue weighted by atomic mass is 19.1. The second-order valence-corrected chi connectivity index (χ2v) is 4.93. The molecule has 1 saturated carbocycles. The fraction of sp³-hybridized carbons (Fsp3) is 0.643. The molecular weight excluding hydrogens is 231 g/mol. The van der Waals surface area contributed by atoms with Crippen molar-refractivity contribution in [2.75, 3.05) is 13.7 Å². The van der Waals surface area contributed by atoms with Crippen LogP contribution in [0.1, 0.15) is 37.7 Å². The Bertz CT molecular complexity index is 378. The van der Waals surface area contributed by atoms with Crippen molar-refractivity contribution in [1.29, 1.82) is 0 Å². The van der Waals surface area contributed by atoms with Gasteiger partial charge in [-0.15, -0.1) is 0 Å². The van der Waals surface area contributed by atoms with E-state index in [1.165, 1.54) is 32.1 Å². The van der Waals surface area contributed by atoms with Crippen LogP contribution >= 0.6 is 0 Å². The average Bonchev–Trinajstić information content (AvgIpc) is 2.41. The van der Waals surface area contributed by atoms with Crippen LogP contribution in [0.15, 0.2) is 12.3 Å². The summed E-state index contributed by atoms with van der Waals surface area (Å²) < 4.78 is 19.5. The molecule has 1 aliphatic carbocycles. The maximum atomic E-state index is 14.0. The summed E-state index contributed by atoms with van der Waals surface area (Å²) in [5.74, 6) is 0.379. The number of nitrogens with one attached hydrogen (secondary N) is 1. The molecule has 100 valence electrons. The van der Waals surface area contributed by atoms with Crippen molar-refractivity contribution in [3.8, 4) is 5.88 Å². The topological polar surface area (TPSA) is 34.2 Å². The largest absolute Gasteiger partial charge is 0.475 e. The Labute approximate surface area is 108 Å². The van der Waals surface area contributed by atoms with Gasteiger partial charge in [-0.2, -0.15) is 0 Å². The van der Waals surface area contributed by atoms with E-state index in [2.05, 4.69) is 10.3 Å². The molecule has 0 amide bonds. The first kappa shape index (κ1) is 13.3. The summed E-state index contributed by atoms with van der Waals surface area (Å²) in [5.41, 5.74) is 0.603.